The number of nitro benzene ring substituents is 1. The van der Waals surface area contributed by atoms with Gasteiger partial charge in [-0.15, -0.1) is 0 Å². The first kappa shape index (κ1) is 13.5. The molecule has 0 spiro atoms. The number of nitro groups is 1. The molecule has 1 rings (SSSR count). The van der Waals surface area contributed by atoms with E-state index in [0.29, 0.717) is 5.56 Å². The van der Waals surface area contributed by atoms with Gasteiger partial charge in [0.1, 0.15) is 6.10 Å². The Bertz CT molecular complexity index is 467. The van der Waals surface area contributed by atoms with Crippen LogP contribution in [0.5, 0.6) is 0 Å². The molecule has 0 aliphatic rings. The van der Waals surface area contributed by atoms with E-state index in [1.807, 2.05) is 0 Å². The zero-order valence-electron chi connectivity index (χ0n) is 8.96. The van der Waals surface area contributed by atoms with Crippen molar-refractivity contribution in [3.63, 3.8) is 0 Å². The van der Waals surface area contributed by atoms with Gasteiger partial charge in [-0.25, -0.2) is 0 Å². The minimum Gasteiger partial charge on any atom is -0.384 e. The normalized spacial score (nSPS) is 13.2. The summed E-state index contributed by atoms with van der Waals surface area (Å²) in [4.78, 5) is 22.5. The molecule has 0 bridgehead atoms. The number of non-ortho nitro benzene ring substituents is 1. The predicted octanol–water partition coefficient (Wildman–Crippen LogP) is 2.50. The number of nitrogens with zero attached hydrogens (tertiary/aromatic N) is 1. The van der Waals surface area contributed by atoms with Gasteiger partial charge in [0.2, 0.25) is 0 Å². The van der Waals surface area contributed by atoms with Crippen LogP contribution in [-0.2, 0) is 4.79 Å². The van der Waals surface area contributed by atoms with Crippen LogP contribution in [0.1, 0.15) is 18.6 Å². The molecular formula is C11H10BrNO4. The number of carbonyl (C=O) groups excluding carboxylic acids is 1. The van der Waals surface area contributed by atoms with E-state index < -0.39 is 11.0 Å². The Kier molecular flexibility index (Phi) is 4.53. The first-order chi connectivity index (χ1) is 7.97. The summed E-state index contributed by atoms with van der Waals surface area (Å²) in [6.45, 7) is 1.34. The molecule has 1 atom stereocenters. The molecule has 1 aromatic rings. The van der Waals surface area contributed by atoms with E-state index in [-0.39, 0.29) is 17.0 Å². The summed E-state index contributed by atoms with van der Waals surface area (Å²) in [5.41, 5.74) is 0.559. The number of halogens is 1. The van der Waals surface area contributed by atoms with Gasteiger partial charge in [0.15, 0.2) is 5.78 Å². The van der Waals surface area contributed by atoms with E-state index in [1.165, 1.54) is 36.2 Å². The van der Waals surface area contributed by atoms with Gasteiger partial charge in [-0.2, -0.15) is 0 Å². The third-order valence-corrected chi connectivity index (χ3v) is 2.73. The highest BCUT2D eigenvalue weighted by molar-refractivity contribution is 9.11. The third kappa shape index (κ3) is 3.21. The maximum absolute atomic E-state index is 11.2. The molecule has 1 N–H and O–H groups in total. The highest BCUT2D eigenvalue weighted by Crippen LogP contribution is 2.25. The van der Waals surface area contributed by atoms with Crippen LogP contribution in [0.15, 0.2) is 34.8 Å². The lowest BCUT2D eigenvalue weighted by atomic mass is 10.0. The quantitative estimate of drug-likeness (QED) is 0.526. The van der Waals surface area contributed by atoms with E-state index in [9.17, 15) is 20.0 Å². The zero-order valence-corrected chi connectivity index (χ0v) is 10.5. The average Bonchev–Trinajstić information content (AvgIpc) is 2.29. The van der Waals surface area contributed by atoms with E-state index in [1.54, 1.807) is 0 Å². The lowest BCUT2D eigenvalue weighted by molar-refractivity contribution is -0.384. The van der Waals surface area contributed by atoms with Crippen LogP contribution < -0.4 is 0 Å². The molecule has 6 heteroatoms. The van der Waals surface area contributed by atoms with Crippen LogP contribution in [0.4, 0.5) is 5.69 Å². The summed E-state index contributed by atoms with van der Waals surface area (Å²) in [7, 11) is 0. The van der Waals surface area contributed by atoms with Crippen LogP contribution in [0.2, 0.25) is 0 Å². The molecule has 1 unspecified atom stereocenters. The first-order valence-electron chi connectivity index (χ1n) is 4.71. The summed E-state index contributed by atoms with van der Waals surface area (Å²) in [6, 6.07) is 5.40. The smallest absolute Gasteiger partial charge is 0.269 e. The molecule has 0 fully saturated rings. The van der Waals surface area contributed by atoms with E-state index >= 15 is 0 Å². The van der Waals surface area contributed by atoms with Gasteiger partial charge >= 0.3 is 0 Å². The topological polar surface area (TPSA) is 80.4 Å². The standard InChI is InChI=1S/C11H10BrNO4/c1-7(14)10(6-12)11(15)8-2-4-9(5-3-8)13(16)17/h2-6,11,15H,1H3/b10-6-. The molecule has 0 amide bonds. The number of hydrogen-bond donors (Lipinski definition) is 1. The van der Waals surface area contributed by atoms with Crippen LogP contribution in [-0.4, -0.2) is 15.8 Å². The second-order valence-corrected chi connectivity index (χ2v) is 3.83. The monoisotopic (exact) mass is 299 g/mol. The Labute approximate surface area is 106 Å². The molecule has 5 nitrogen and oxygen atoms in total. The molecule has 0 aliphatic heterocycles. The van der Waals surface area contributed by atoms with Crippen molar-refractivity contribution >= 4 is 27.4 Å². The van der Waals surface area contributed by atoms with E-state index in [0.717, 1.165) is 0 Å². The largest absolute Gasteiger partial charge is 0.384 e. The predicted molar refractivity (Wildman–Crippen MR) is 65.7 cm³/mol. The molecule has 0 heterocycles. The maximum atomic E-state index is 11.2. The molecule has 0 radical (unpaired) electrons. The van der Waals surface area contributed by atoms with Crippen molar-refractivity contribution in [2.45, 2.75) is 13.0 Å². The van der Waals surface area contributed by atoms with Gasteiger partial charge in [0, 0.05) is 17.7 Å². The summed E-state index contributed by atoms with van der Waals surface area (Å²) in [6.07, 6.45) is -1.09. The molecule has 17 heavy (non-hydrogen) atoms. The number of aliphatic hydroxyl groups is 1. The Morgan fingerprint density at radius 3 is 2.35 bits per heavy atom. The zero-order chi connectivity index (χ0) is 13.0. The first-order valence-corrected chi connectivity index (χ1v) is 5.62. The summed E-state index contributed by atoms with van der Waals surface area (Å²) >= 11 is 3.00. The Hall–Kier alpha value is -1.53. The number of ketones is 1. The molecule has 0 saturated heterocycles. The van der Waals surface area contributed by atoms with Gasteiger partial charge in [0.05, 0.1) is 4.92 Å². The molecule has 1 aromatic carbocycles. The lowest BCUT2D eigenvalue weighted by Crippen LogP contribution is -2.08. The number of rotatable bonds is 4. The minimum atomic E-state index is -1.09. The summed E-state index contributed by atoms with van der Waals surface area (Å²) in [5.74, 6) is -0.271. The van der Waals surface area contributed by atoms with Crippen molar-refractivity contribution in [1.82, 2.24) is 0 Å². The van der Waals surface area contributed by atoms with Crippen molar-refractivity contribution in [1.29, 1.82) is 0 Å². The molecule has 0 aliphatic carbocycles. The summed E-state index contributed by atoms with van der Waals surface area (Å²) in [5, 5.41) is 20.3. The van der Waals surface area contributed by atoms with Gasteiger partial charge in [-0.3, -0.25) is 14.9 Å². The SMILES string of the molecule is CC(=O)/C(=C/Br)C(O)c1ccc([N+](=O)[O-])cc1. The second-order valence-electron chi connectivity index (χ2n) is 3.37. The highest BCUT2D eigenvalue weighted by Gasteiger charge is 2.17. The van der Waals surface area contributed by atoms with Crippen LogP contribution in [0.3, 0.4) is 0 Å². The third-order valence-electron chi connectivity index (χ3n) is 2.24. The van der Waals surface area contributed by atoms with Crippen molar-refractivity contribution < 1.29 is 14.8 Å². The van der Waals surface area contributed by atoms with Gasteiger partial charge < -0.3 is 5.11 Å². The number of benzene rings is 1. The van der Waals surface area contributed by atoms with Gasteiger partial charge in [-0.05, 0) is 29.6 Å². The Morgan fingerprint density at radius 2 is 2.00 bits per heavy atom. The Morgan fingerprint density at radius 1 is 1.47 bits per heavy atom. The van der Waals surface area contributed by atoms with Crippen LogP contribution in [0, 0.1) is 10.1 Å². The van der Waals surface area contributed by atoms with E-state index in [4.69, 9.17) is 0 Å². The van der Waals surface area contributed by atoms with Crippen molar-refractivity contribution in [2.75, 3.05) is 0 Å². The van der Waals surface area contributed by atoms with Crippen molar-refractivity contribution in [2.24, 2.45) is 0 Å². The molecule has 0 saturated carbocycles. The van der Waals surface area contributed by atoms with Crippen LogP contribution in [0.25, 0.3) is 0 Å². The molecular weight excluding hydrogens is 290 g/mol. The Balaban J connectivity index is 3.01. The average molecular weight is 300 g/mol. The van der Waals surface area contributed by atoms with Crippen LogP contribution >= 0.6 is 15.9 Å². The maximum Gasteiger partial charge on any atom is 0.269 e. The van der Waals surface area contributed by atoms with Gasteiger partial charge in [-0.1, -0.05) is 15.9 Å². The highest BCUT2D eigenvalue weighted by atomic mass is 79.9. The second kappa shape index (κ2) is 5.70. The number of carbonyl (C=O) groups is 1. The lowest BCUT2D eigenvalue weighted by Gasteiger charge is -2.11. The van der Waals surface area contributed by atoms with Crippen molar-refractivity contribution in [3.05, 3.63) is 50.5 Å². The van der Waals surface area contributed by atoms with E-state index in [2.05, 4.69) is 15.9 Å². The number of Topliss-reactive ketones (excluding diaryl/α,β-unsaturated/α-hetero) is 1. The molecule has 90 valence electrons. The number of hydrogen-bond acceptors (Lipinski definition) is 4. The van der Waals surface area contributed by atoms with Crippen molar-refractivity contribution in [3.8, 4) is 0 Å². The summed E-state index contributed by atoms with van der Waals surface area (Å²) < 4.78 is 0. The minimum absolute atomic E-state index is 0.0619. The molecule has 0 aromatic heterocycles. The fourth-order valence-corrected chi connectivity index (χ4v) is 1.86. The van der Waals surface area contributed by atoms with Gasteiger partial charge in [0.25, 0.3) is 5.69 Å². The fourth-order valence-electron chi connectivity index (χ4n) is 1.29. The number of aliphatic hydroxyl groups excluding tert-OH is 1. The fraction of sp³-hybridized carbons (Fsp3) is 0.182.